The van der Waals surface area contributed by atoms with Crippen LogP contribution >= 0.6 is 23.2 Å². The zero-order valence-electron chi connectivity index (χ0n) is 20.3. The minimum Gasteiger partial charge on any atom is -0.411 e. The van der Waals surface area contributed by atoms with Gasteiger partial charge in [0.25, 0.3) is 0 Å². The zero-order valence-corrected chi connectivity index (χ0v) is 26.3. The molecule has 0 heterocycles. The fourth-order valence-corrected chi connectivity index (χ4v) is 7.79. The molecule has 168 valence electrons. The second-order valence-corrected chi connectivity index (χ2v) is 20.5. The maximum Gasteiger partial charge on any atom is 0.184 e. The summed E-state index contributed by atoms with van der Waals surface area (Å²) in [4.78, 5) is 0. The van der Waals surface area contributed by atoms with Crippen molar-refractivity contribution >= 4 is 39.8 Å². The Hall–Kier alpha value is 0.777. The summed E-state index contributed by atoms with van der Waals surface area (Å²) < 4.78 is 12.8. The molecule has 2 rings (SSSR count). The second kappa shape index (κ2) is 10.4. The number of allylic oxidation sites excluding steroid dienone is 4. The van der Waals surface area contributed by atoms with Crippen LogP contribution in [0.5, 0.6) is 0 Å². The third-order valence-electron chi connectivity index (χ3n) is 5.31. The molecule has 30 heavy (non-hydrogen) atoms. The molecule has 0 saturated heterocycles. The average molecular weight is 565 g/mol. The quantitative estimate of drug-likeness (QED) is 0.277. The molecule has 0 amide bonds. The Morgan fingerprint density at radius 1 is 0.767 bits per heavy atom. The molecule has 0 aliphatic heterocycles. The van der Waals surface area contributed by atoms with E-state index in [0.717, 1.165) is 22.9 Å². The van der Waals surface area contributed by atoms with E-state index in [4.69, 9.17) is 32.1 Å². The maximum absolute atomic E-state index is 6.81. The van der Waals surface area contributed by atoms with E-state index < -0.39 is 16.6 Å². The minimum absolute atomic E-state index is 0. The van der Waals surface area contributed by atoms with E-state index in [2.05, 4.69) is 79.1 Å². The van der Waals surface area contributed by atoms with Crippen LogP contribution in [0.15, 0.2) is 44.5 Å². The normalized spacial score (nSPS) is 20.3. The van der Waals surface area contributed by atoms with Gasteiger partial charge in [-0.25, -0.2) is 0 Å². The van der Waals surface area contributed by atoms with Gasteiger partial charge in [0.05, 0.1) is 12.2 Å². The van der Waals surface area contributed by atoms with E-state index in [1.807, 2.05) is 0 Å². The van der Waals surface area contributed by atoms with Gasteiger partial charge in [-0.05, 0) is 75.4 Å². The maximum atomic E-state index is 6.81. The molecule has 0 radical (unpaired) electrons. The Kier molecular flexibility index (Phi) is 9.95. The van der Waals surface area contributed by atoms with Crippen molar-refractivity contribution in [3.05, 3.63) is 44.5 Å². The summed E-state index contributed by atoms with van der Waals surface area (Å²) in [6.45, 7) is 22.1. The number of hydrogen-bond acceptors (Lipinski definition) is 2. The van der Waals surface area contributed by atoms with Gasteiger partial charge < -0.3 is 8.85 Å². The van der Waals surface area contributed by atoms with Crippen LogP contribution < -0.4 is 0 Å². The summed E-state index contributed by atoms with van der Waals surface area (Å²) in [5.74, 6) is 0. The summed E-state index contributed by atoms with van der Waals surface area (Å²) >= 11 is 13.6. The van der Waals surface area contributed by atoms with E-state index in [1.54, 1.807) is 0 Å². The molecule has 2 aliphatic rings. The van der Waals surface area contributed by atoms with Crippen molar-refractivity contribution in [2.45, 2.75) is 92.0 Å². The van der Waals surface area contributed by atoms with E-state index in [9.17, 15) is 0 Å². The van der Waals surface area contributed by atoms with Crippen LogP contribution in [-0.2, 0) is 35.1 Å². The van der Waals surface area contributed by atoms with Gasteiger partial charge in [-0.1, -0.05) is 49.2 Å². The van der Waals surface area contributed by atoms with Gasteiger partial charge in [-0.3, -0.25) is 0 Å². The standard InChI is InChI=1S/C23H38Cl2O2Si2.Zr/c1-15(26-28(5,6)7)17-11-13-19(24)21(17)23(3,4)22-18(12-14-20(22)25)16(2)27-29(8,9)10;/h11-12,15-16H,13-14H2,1-10H3;. The Labute approximate surface area is 215 Å². The fraction of sp³-hybridized carbons (Fsp3) is 0.652. The van der Waals surface area contributed by atoms with E-state index >= 15 is 0 Å². The minimum atomic E-state index is -1.67. The van der Waals surface area contributed by atoms with Crippen LogP contribution in [0.1, 0.15) is 40.5 Å². The summed E-state index contributed by atoms with van der Waals surface area (Å²) in [6.07, 6.45) is 6.05. The van der Waals surface area contributed by atoms with Crippen molar-refractivity contribution in [2.24, 2.45) is 5.41 Å². The van der Waals surface area contributed by atoms with Crippen LogP contribution in [-0.4, -0.2) is 28.8 Å². The van der Waals surface area contributed by atoms with Crippen LogP contribution in [0.4, 0.5) is 0 Å². The molecule has 2 aliphatic carbocycles. The van der Waals surface area contributed by atoms with Gasteiger partial charge in [0, 0.05) is 54.5 Å². The summed E-state index contributed by atoms with van der Waals surface area (Å²) in [5.41, 5.74) is 4.46. The topological polar surface area (TPSA) is 18.5 Å². The van der Waals surface area contributed by atoms with Crippen LogP contribution in [0.25, 0.3) is 0 Å². The van der Waals surface area contributed by atoms with Gasteiger partial charge in [0.15, 0.2) is 16.6 Å². The molecular formula is C23H38Cl2O2Si2Zr. The van der Waals surface area contributed by atoms with Crippen LogP contribution in [0.2, 0.25) is 39.3 Å². The first kappa shape index (κ1) is 28.8. The van der Waals surface area contributed by atoms with Gasteiger partial charge in [0.1, 0.15) is 0 Å². The Bertz CT molecular complexity index is 720. The summed E-state index contributed by atoms with van der Waals surface area (Å²) in [6, 6.07) is 0. The van der Waals surface area contributed by atoms with Gasteiger partial charge >= 0.3 is 0 Å². The van der Waals surface area contributed by atoms with E-state index in [1.165, 1.54) is 22.3 Å². The van der Waals surface area contributed by atoms with Gasteiger partial charge in [-0.2, -0.15) is 0 Å². The molecule has 0 spiro atoms. The molecule has 0 aromatic rings. The first-order chi connectivity index (χ1) is 13.0. The Morgan fingerprint density at radius 2 is 1.07 bits per heavy atom. The largest absolute Gasteiger partial charge is 0.411 e. The molecule has 0 aromatic heterocycles. The van der Waals surface area contributed by atoms with Crippen molar-refractivity contribution < 1.29 is 35.1 Å². The van der Waals surface area contributed by atoms with Crippen molar-refractivity contribution in [2.75, 3.05) is 0 Å². The van der Waals surface area contributed by atoms with E-state index in [0.29, 0.717) is 0 Å². The SMILES string of the molecule is CC(O[Si](C)(C)C)C1=CCC(Cl)=C1C(C)(C)C1=C(Cl)CC=C1C(C)O[Si](C)(C)C.[Zr]. The number of rotatable bonds is 8. The molecule has 0 fully saturated rings. The van der Waals surface area contributed by atoms with Crippen molar-refractivity contribution in [1.82, 2.24) is 0 Å². The summed E-state index contributed by atoms with van der Waals surface area (Å²) in [7, 11) is -3.35. The monoisotopic (exact) mass is 562 g/mol. The number of hydrogen-bond donors (Lipinski definition) is 0. The third kappa shape index (κ3) is 6.89. The summed E-state index contributed by atoms with van der Waals surface area (Å²) in [5, 5.41) is 1.80. The van der Waals surface area contributed by atoms with Crippen molar-refractivity contribution in [3.8, 4) is 0 Å². The molecule has 7 heteroatoms. The van der Waals surface area contributed by atoms with Crippen LogP contribution in [0.3, 0.4) is 0 Å². The molecule has 2 nitrogen and oxygen atoms in total. The predicted molar refractivity (Wildman–Crippen MR) is 133 cm³/mol. The predicted octanol–water partition coefficient (Wildman–Crippen LogP) is 8.14. The van der Waals surface area contributed by atoms with Crippen molar-refractivity contribution in [1.29, 1.82) is 0 Å². The Balaban J connectivity index is 0.00000450. The smallest absolute Gasteiger partial charge is 0.184 e. The average Bonchev–Trinajstić information content (AvgIpc) is 3.07. The van der Waals surface area contributed by atoms with Crippen LogP contribution in [0, 0.1) is 5.41 Å². The van der Waals surface area contributed by atoms with Crippen molar-refractivity contribution in [3.63, 3.8) is 0 Å². The second-order valence-electron chi connectivity index (χ2n) is 10.7. The fourth-order valence-electron chi connectivity index (χ4n) is 4.57. The molecule has 2 unspecified atom stereocenters. The molecule has 0 N–H and O–H groups in total. The molecule has 0 aromatic carbocycles. The molecule has 0 bridgehead atoms. The molecular weight excluding hydrogens is 527 g/mol. The molecule has 2 atom stereocenters. The van der Waals surface area contributed by atoms with Gasteiger partial charge in [-0.15, -0.1) is 0 Å². The number of halogens is 2. The third-order valence-corrected chi connectivity index (χ3v) is 8.12. The first-order valence-corrected chi connectivity index (χ1v) is 18.2. The zero-order chi connectivity index (χ0) is 22.4. The first-order valence-electron chi connectivity index (χ1n) is 10.6. The van der Waals surface area contributed by atoms with E-state index in [-0.39, 0.29) is 43.8 Å². The Morgan fingerprint density at radius 3 is 1.33 bits per heavy atom. The molecule has 0 saturated carbocycles. The van der Waals surface area contributed by atoms with Gasteiger partial charge in [0.2, 0.25) is 0 Å².